The van der Waals surface area contributed by atoms with Crippen LogP contribution in [0.4, 0.5) is 0 Å². The van der Waals surface area contributed by atoms with Gasteiger partial charge in [-0.25, -0.2) is 5.48 Å². The number of aliphatic hydroxyl groups excluding tert-OH is 1. The highest BCUT2D eigenvalue weighted by atomic mass is 16.6. The molecule has 5 aliphatic rings. The zero-order valence-electron chi connectivity index (χ0n) is 35.4. The van der Waals surface area contributed by atoms with Gasteiger partial charge in [-0.2, -0.15) is 0 Å². The van der Waals surface area contributed by atoms with Crippen molar-refractivity contribution in [1.29, 1.82) is 0 Å². The normalized spacial score (nSPS) is 35.9. The minimum atomic E-state index is -1.10. The van der Waals surface area contributed by atoms with Crippen molar-refractivity contribution in [2.24, 2.45) is 68.2 Å². The number of aliphatic hydroxyl groups is 1. The Kier molecular flexibility index (Phi) is 12.1. The molecule has 0 saturated heterocycles. The van der Waals surface area contributed by atoms with Crippen LogP contribution < -0.4 is 5.48 Å². The fourth-order valence-electron chi connectivity index (χ4n) is 13.1. The van der Waals surface area contributed by atoms with E-state index in [-0.39, 0.29) is 58.4 Å². The van der Waals surface area contributed by atoms with Crippen molar-refractivity contribution in [1.82, 2.24) is 5.48 Å². The van der Waals surface area contributed by atoms with E-state index in [9.17, 15) is 19.5 Å². The highest BCUT2D eigenvalue weighted by Crippen LogP contribution is 2.87. The zero-order chi connectivity index (χ0) is 41.5. The van der Waals surface area contributed by atoms with Gasteiger partial charge in [-0.3, -0.25) is 19.2 Å². The van der Waals surface area contributed by atoms with Gasteiger partial charge in [0.05, 0.1) is 12.3 Å². The standard InChI is InChI=1S/C48H64N2O8/c1-30(26-51)37(25-49-55-27-35-14-10-8-11-15-35)43(54)44(58-34(5)53)32(3)42-40(57-33(4)52)24-46(7)41-19-18-38-31(2)39(50-56-28-36-16-12-9-13-17-36)20-21-47(38)29-48(41,47)23-22-45(42,46)6/h8-17,20-21,30-32,37-38,40-42,44,49,51H,18-19,22-29H2,1-7H3/t30-,31-,32-,37?,38-,40-,41-,42-,44+,45+,46-,47+,48-/m0/s1. The third-order valence-corrected chi connectivity index (χ3v) is 16.1. The van der Waals surface area contributed by atoms with Crippen molar-refractivity contribution >= 4 is 23.4 Å². The average Bonchev–Trinajstić information content (AvgIpc) is 3.81. The van der Waals surface area contributed by atoms with E-state index in [1.54, 1.807) is 0 Å². The van der Waals surface area contributed by atoms with Crippen LogP contribution in [0.1, 0.15) is 98.1 Å². The molecule has 4 saturated carbocycles. The molecule has 58 heavy (non-hydrogen) atoms. The molecule has 2 aromatic carbocycles. The zero-order valence-corrected chi connectivity index (χ0v) is 35.4. The van der Waals surface area contributed by atoms with Crippen LogP contribution in [0.3, 0.4) is 0 Å². The molecule has 0 aromatic heterocycles. The number of nitrogens with zero attached hydrogens (tertiary/aromatic N) is 1. The predicted molar refractivity (Wildman–Crippen MR) is 220 cm³/mol. The maximum absolute atomic E-state index is 14.7. The van der Waals surface area contributed by atoms with Crippen molar-refractivity contribution < 1.29 is 38.6 Å². The van der Waals surface area contributed by atoms with E-state index >= 15 is 0 Å². The monoisotopic (exact) mass is 796 g/mol. The lowest BCUT2D eigenvalue weighted by Crippen LogP contribution is -2.56. The van der Waals surface area contributed by atoms with Crippen molar-refractivity contribution in [3.63, 3.8) is 0 Å². The van der Waals surface area contributed by atoms with Gasteiger partial charge in [0.25, 0.3) is 0 Å². The molecule has 4 fully saturated rings. The van der Waals surface area contributed by atoms with Crippen LogP contribution in [-0.4, -0.2) is 53.9 Å². The number of hydrogen-bond donors (Lipinski definition) is 2. The molecule has 2 aromatic rings. The van der Waals surface area contributed by atoms with Gasteiger partial charge in [0, 0.05) is 50.7 Å². The van der Waals surface area contributed by atoms with Gasteiger partial charge in [0.15, 0.2) is 11.9 Å². The number of oxime groups is 1. The lowest BCUT2D eigenvalue weighted by Gasteiger charge is -2.61. The number of carbonyl (C=O) groups excluding carboxylic acids is 3. The summed E-state index contributed by atoms with van der Waals surface area (Å²) in [6.45, 7) is 14.4. The van der Waals surface area contributed by atoms with Crippen molar-refractivity contribution in [3.05, 3.63) is 83.9 Å². The van der Waals surface area contributed by atoms with Crippen molar-refractivity contribution in [2.45, 2.75) is 112 Å². The van der Waals surface area contributed by atoms with E-state index in [1.807, 2.05) is 74.5 Å². The van der Waals surface area contributed by atoms with Gasteiger partial charge in [-0.05, 0) is 95.1 Å². The number of hydrogen-bond acceptors (Lipinski definition) is 10. The summed E-state index contributed by atoms with van der Waals surface area (Å²) in [6.07, 6.45) is 9.09. The summed E-state index contributed by atoms with van der Waals surface area (Å²) in [5, 5.41) is 15.0. The molecule has 1 unspecified atom stereocenters. The number of fused-ring (bicyclic) bond motifs is 2. The molecule has 10 heteroatoms. The molecule has 7 rings (SSSR count). The second kappa shape index (κ2) is 16.7. The molecule has 2 spiro atoms. The molecular formula is C48H64N2O8. The Bertz CT molecular complexity index is 1870. The summed E-state index contributed by atoms with van der Waals surface area (Å²) in [4.78, 5) is 52.0. The number of benzene rings is 2. The first-order chi connectivity index (χ1) is 27.7. The first-order valence-electron chi connectivity index (χ1n) is 21.5. The second-order valence-electron chi connectivity index (χ2n) is 18.9. The number of nitrogens with one attached hydrogen (secondary N) is 1. The SMILES string of the molecule is CC(=O)O[C@H]1C[C@@]2(C)[C@@H]3CC[C@H]4[C@H](C)C(=NOCc5ccccc5)C=C[C@@]45C[C@@]35CC[C@]2(C)[C@H]1[C@H](C)[C@@H](OC(C)=O)C(=O)C(CNOCc1ccccc1)[C@@H](C)CO. The first-order valence-corrected chi connectivity index (χ1v) is 21.5. The van der Waals surface area contributed by atoms with Gasteiger partial charge in [-0.1, -0.05) is 107 Å². The van der Waals surface area contributed by atoms with Crippen LogP contribution >= 0.6 is 0 Å². The topological polar surface area (TPSA) is 133 Å². The Morgan fingerprint density at radius 3 is 2.22 bits per heavy atom. The molecule has 10 nitrogen and oxygen atoms in total. The van der Waals surface area contributed by atoms with Crippen LogP contribution in [0.2, 0.25) is 0 Å². The number of ketones is 1. The van der Waals surface area contributed by atoms with E-state index < -0.39 is 35.9 Å². The van der Waals surface area contributed by atoms with Gasteiger partial charge >= 0.3 is 11.9 Å². The molecule has 0 aliphatic heterocycles. The van der Waals surface area contributed by atoms with Crippen LogP contribution in [0, 0.1) is 63.1 Å². The van der Waals surface area contributed by atoms with Crippen LogP contribution in [0.25, 0.3) is 0 Å². The summed E-state index contributed by atoms with van der Waals surface area (Å²) >= 11 is 0. The van der Waals surface area contributed by atoms with Crippen LogP contribution in [0.15, 0.2) is 78.0 Å². The minimum Gasteiger partial charge on any atom is -0.462 e. The van der Waals surface area contributed by atoms with E-state index in [4.69, 9.17) is 19.1 Å². The van der Waals surface area contributed by atoms with Crippen molar-refractivity contribution in [3.8, 4) is 0 Å². The Hall–Kier alpha value is -3.86. The largest absolute Gasteiger partial charge is 0.462 e. The maximum Gasteiger partial charge on any atom is 0.303 e. The van der Waals surface area contributed by atoms with Crippen LogP contribution in [0.5, 0.6) is 0 Å². The number of esters is 2. The van der Waals surface area contributed by atoms with Gasteiger partial charge < -0.3 is 19.4 Å². The maximum atomic E-state index is 14.7. The Morgan fingerprint density at radius 1 is 0.914 bits per heavy atom. The quantitative estimate of drug-likeness (QED) is 0.0985. The fraction of sp³-hybridized carbons (Fsp3) is 0.625. The van der Waals surface area contributed by atoms with Gasteiger partial charge in [-0.15, -0.1) is 0 Å². The highest BCUT2D eigenvalue weighted by molar-refractivity contribution is 5.98. The van der Waals surface area contributed by atoms with E-state index in [2.05, 4.69) is 43.6 Å². The minimum absolute atomic E-state index is 0.0955. The third kappa shape index (κ3) is 7.36. The number of ether oxygens (including phenoxy) is 2. The predicted octanol–water partition coefficient (Wildman–Crippen LogP) is 8.03. The molecule has 0 radical (unpaired) electrons. The number of allylic oxidation sites excluding steroid dienone is 2. The lowest BCUT2D eigenvalue weighted by atomic mass is 9.43. The molecule has 2 N–H and O–H groups in total. The fourth-order valence-corrected chi connectivity index (χ4v) is 13.1. The van der Waals surface area contributed by atoms with Gasteiger partial charge in [0.1, 0.15) is 12.7 Å². The highest BCUT2D eigenvalue weighted by Gasteiger charge is 2.81. The van der Waals surface area contributed by atoms with E-state index in [0.717, 1.165) is 48.9 Å². The summed E-state index contributed by atoms with van der Waals surface area (Å²) in [6, 6.07) is 19.8. The number of Topliss-reactive ketones (excluding diaryl/α,β-unsaturated/α-hetero) is 1. The first kappa shape index (κ1) is 42.3. The molecule has 314 valence electrons. The molecule has 0 amide bonds. The summed E-state index contributed by atoms with van der Waals surface area (Å²) < 4.78 is 12.3. The molecule has 13 atom stereocenters. The van der Waals surface area contributed by atoms with Crippen molar-refractivity contribution in [2.75, 3.05) is 13.2 Å². The Balaban J connectivity index is 1.13. The number of hydroxylamine groups is 1. The van der Waals surface area contributed by atoms with E-state index in [1.165, 1.54) is 13.8 Å². The molecule has 0 bridgehead atoms. The average molecular weight is 797 g/mol. The Labute approximate surface area is 344 Å². The summed E-state index contributed by atoms with van der Waals surface area (Å²) in [7, 11) is 0. The molecule has 0 heterocycles. The molecule has 5 aliphatic carbocycles. The number of carbonyl (C=O) groups is 3. The second-order valence-corrected chi connectivity index (χ2v) is 18.9. The summed E-state index contributed by atoms with van der Waals surface area (Å²) in [5.74, 6) is -1.85. The number of rotatable bonds is 16. The van der Waals surface area contributed by atoms with Gasteiger partial charge in [0.2, 0.25) is 0 Å². The third-order valence-electron chi connectivity index (χ3n) is 16.1. The van der Waals surface area contributed by atoms with Crippen LogP contribution in [-0.2, 0) is 46.7 Å². The molecular weight excluding hydrogens is 733 g/mol. The van der Waals surface area contributed by atoms with E-state index in [0.29, 0.717) is 31.5 Å². The summed E-state index contributed by atoms with van der Waals surface area (Å²) in [5.41, 5.74) is 5.77. The smallest absolute Gasteiger partial charge is 0.303 e. The lowest BCUT2D eigenvalue weighted by molar-refractivity contribution is -0.169. The Morgan fingerprint density at radius 2 is 1.59 bits per heavy atom.